The van der Waals surface area contributed by atoms with Crippen molar-refractivity contribution in [2.24, 2.45) is 5.92 Å². The molecule has 7 nitrogen and oxygen atoms in total. The van der Waals surface area contributed by atoms with Crippen molar-refractivity contribution in [2.45, 2.75) is 33.4 Å². The third-order valence-electron chi connectivity index (χ3n) is 3.93. The third kappa shape index (κ3) is 3.10. The van der Waals surface area contributed by atoms with Gasteiger partial charge in [0, 0.05) is 18.7 Å². The Morgan fingerprint density at radius 3 is 2.75 bits per heavy atom. The zero-order valence-electron chi connectivity index (χ0n) is 13.8. The minimum Gasteiger partial charge on any atom is -0.408 e. The van der Waals surface area contributed by atoms with Gasteiger partial charge in [0.25, 0.3) is 5.91 Å². The topological polar surface area (TPSA) is 90.3 Å². The van der Waals surface area contributed by atoms with Gasteiger partial charge in [-0.05, 0) is 25.0 Å². The molecule has 3 rings (SSSR count). The first kappa shape index (κ1) is 16.0. The molecule has 126 valence electrons. The lowest BCUT2D eigenvalue weighted by molar-refractivity contribution is 0.0882. The fourth-order valence-corrected chi connectivity index (χ4v) is 2.52. The van der Waals surface area contributed by atoms with Crippen LogP contribution < -0.4 is 11.1 Å². The average molecular weight is 329 g/mol. The molecule has 0 spiro atoms. The molecule has 1 N–H and O–H groups in total. The molecule has 0 saturated carbocycles. The summed E-state index contributed by atoms with van der Waals surface area (Å²) < 4.78 is 11.8. The Bertz CT molecular complexity index is 919. The van der Waals surface area contributed by atoms with Crippen LogP contribution in [0.2, 0.25) is 0 Å². The van der Waals surface area contributed by atoms with Crippen LogP contribution in [0.15, 0.2) is 44.1 Å². The van der Waals surface area contributed by atoms with E-state index in [0.29, 0.717) is 23.3 Å². The van der Waals surface area contributed by atoms with Crippen LogP contribution >= 0.6 is 0 Å². The Kier molecular flexibility index (Phi) is 4.24. The van der Waals surface area contributed by atoms with Gasteiger partial charge in [0.2, 0.25) is 5.76 Å². The molecule has 0 aliphatic carbocycles. The van der Waals surface area contributed by atoms with E-state index in [1.54, 1.807) is 19.1 Å². The smallest absolute Gasteiger partial charge is 0.408 e. The van der Waals surface area contributed by atoms with Crippen molar-refractivity contribution >= 4 is 17.0 Å². The van der Waals surface area contributed by atoms with E-state index in [-0.39, 0.29) is 23.6 Å². The summed E-state index contributed by atoms with van der Waals surface area (Å²) >= 11 is 0. The molecule has 0 bridgehead atoms. The second kappa shape index (κ2) is 6.35. The number of rotatable bonds is 5. The van der Waals surface area contributed by atoms with E-state index in [9.17, 15) is 9.59 Å². The molecule has 0 fully saturated rings. The first-order valence-corrected chi connectivity index (χ1v) is 7.78. The van der Waals surface area contributed by atoms with Crippen molar-refractivity contribution in [3.8, 4) is 0 Å². The summed E-state index contributed by atoms with van der Waals surface area (Å²) in [6, 6.07) is 8.53. The summed E-state index contributed by atoms with van der Waals surface area (Å²) in [4.78, 5) is 24.4. The van der Waals surface area contributed by atoms with Crippen LogP contribution in [0.3, 0.4) is 0 Å². The highest BCUT2D eigenvalue weighted by Crippen LogP contribution is 2.14. The molecular formula is C17H19N3O4. The fourth-order valence-electron chi connectivity index (χ4n) is 2.52. The van der Waals surface area contributed by atoms with Gasteiger partial charge in [-0.1, -0.05) is 31.1 Å². The molecule has 0 saturated heterocycles. The van der Waals surface area contributed by atoms with E-state index in [1.165, 1.54) is 4.57 Å². The lowest BCUT2D eigenvalue weighted by Gasteiger charge is -2.22. The van der Waals surface area contributed by atoms with Gasteiger partial charge < -0.3 is 14.3 Å². The van der Waals surface area contributed by atoms with Crippen molar-refractivity contribution in [3.05, 3.63) is 52.3 Å². The molecular weight excluding hydrogens is 310 g/mol. The molecule has 1 atom stereocenters. The first-order valence-electron chi connectivity index (χ1n) is 7.78. The monoisotopic (exact) mass is 329 g/mol. The second-order valence-electron chi connectivity index (χ2n) is 6.10. The highest BCUT2D eigenvalue weighted by atomic mass is 16.5. The lowest BCUT2D eigenvalue weighted by atomic mass is 10.0. The lowest BCUT2D eigenvalue weighted by Crippen LogP contribution is -2.42. The quantitative estimate of drug-likeness (QED) is 0.776. The largest absolute Gasteiger partial charge is 0.420 e. The minimum atomic E-state index is -0.438. The van der Waals surface area contributed by atoms with Gasteiger partial charge in [0.15, 0.2) is 5.58 Å². The number of fused-ring (bicyclic) bond motifs is 1. The molecule has 1 aromatic carbocycles. The number of carbonyl (C=O) groups excluding carboxylic acids is 1. The van der Waals surface area contributed by atoms with Gasteiger partial charge in [-0.25, -0.2) is 4.79 Å². The van der Waals surface area contributed by atoms with Gasteiger partial charge >= 0.3 is 5.76 Å². The summed E-state index contributed by atoms with van der Waals surface area (Å²) in [5, 5.41) is 6.62. The Morgan fingerprint density at radius 1 is 1.33 bits per heavy atom. The number of hydrogen-bond donors (Lipinski definition) is 1. The maximum absolute atomic E-state index is 12.3. The molecule has 2 aromatic heterocycles. The van der Waals surface area contributed by atoms with Crippen molar-refractivity contribution in [1.29, 1.82) is 0 Å². The van der Waals surface area contributed by atoms with Crippen LogP contribution in [0.1, 0.15) is 30.1 Å². The predicted octanol–water partition coefficient (Wildman–Crippen LogP) is 2.35. The van der Waals surface area contributed by atoms with Gasteiger partial charge in [0.05, 0.1) is 11.2 Å². The summed E-state index contributed by atoms with van der Waals surface area (Å²) in [6.45, 7) is 6.01. The summed E-state index contributed by atoms with van der Waals surface area (Å²) in [5.41, 5.74) is 1.87. The van der Waals surface area contributed by atoms with Crippen molar-refractivity contribution in [2.75, 3.05) is 0 Å². The molecule has 24 heavy (non-hydrogen) atoms. The number of aromatic nitrogens is 2. The summed E-state index contributed by atoms with van der Waals surface area (Å²) in [6.07, 6.45) is 0. The van der Waals surface area contributed by atoms with Crippen molar-refractivity contribution in [1.82, 2.24) is 15.0 Å². The summed E-state index contributed by atoms with van der Waals surface area (Å²) in [5.74, 6) is -0.525. The molecule has 7 heteroatoms. The molecule has 3 aromatic rings. The van der Waals surface area contributed by atoms with Crippen LogP contribution in [-0.2, 0) is 6.54 Å². The Hall–Kier alpha value is -2.83. The SMILES string of the molecule is Cc1cc(C(=O)N[C@@H](Cn2c(=O)oc3ccccc32)C(C)C)on1. The van der Waals surface area contributed by atoms with Crippen LogP contribution in [0, 0.1) is 12.8 Å². The number of carbonyl (C=O) groups is 1. The van der Waals surface area contributed by atoms with E-state index < -0.39 is 5.76 Å². The number of nitrogens with one attached hydrogen (secondary N) is 1. The molecule has 0 unspecified atom stereocenters. The number of aryl methyl sites for hydroxylation is 1. The van der Waals surface area contributed by atoms with Gasteiger partial charge in [0.1, 0.15) is 0 Å². The number of benzene rings is 1. The number of para-hydroxylation sites is 2. The number of amides is 1. The number of hydrogen-bond acceptors (Lipinski definition) is 5. The van der Waals surface area contributed by atoms with Gasteiger partial charge in [-0.15, -0.1) is 0 Å². The van der Waals surface area contributed by atoms with Crippen molar-refractivity contribution < 1.29 is 13.7 Å². The predicted molar refractivity (Wildman–Crippen MR) is 87.8 cm³/mol. The van der Waals surface area contributed by atoms with E-state index in [4.69, 9.17) is 8.94 Å². The molecule has 2 heterocycles. The fraction of sp³-hybridized carbons (Fsp3) is 0.353. The maximum Gasteiger partial charge on any atom is 0.420 e. The molecule has 1 amide bonds. The molecule has 0 radical (unpaired) electrons. The Labute approximate surface area is 138 Å². The summed E-state index contributed by atoms with van der Waals surface area (Å²) in [7, 11) is 0. The van der Waals surface area contributed by atoms with Crippen LogP contribution in [0.4, 0.5) is 0 Å². The zero-order valence-corrected chi connectivity index (χ0v) is 13.8. The maximum atomic E-state index is 12.3. The van der Waals surface area contributed by atoms with E-state index in [1.807, 2.05) is 32.0 Å². The zero-order chi connectivity index (χ0) is 17.3. The Balaban J connectivity index is 1.85. The number of oxazole rings is 1. The second-order valence-corrected chi connectivity index (χ2v) is 6.10. The van der Waals surface area contributed by atoms with Gasteiger partial charge in [-0.2, -0.15) is 0 Å². The normalized spacial score (nSPS) is 12.7. The minimum absolute atomic E-state index is 0.110. The van der Waals surface area contributed by atoms with Crippen LogP contribution in [0.25, 0.3) is 11.1 Å². The standard InChI is InChI=1S/C17H19N3O4/c1-10(2)12(18-16(21)15-8-11(3)19-24-15)9-20-13-6-4-5-7-14(13)23-17(20)22/h4-8,10,12H,9H2,1-3H3,(H,18,21)/t12-/m0/s1. The highest BCUT2D eigenvalue weighted by molar-refractivity contribution is 5.91. The van der Waals surface area contributed by atoms with E-state index in [2.05, 4.69) is 10.5 Å². The highest BCUT2D eigenvalue weighted by Gasteiger charge is 2.22. The first-order chi connectivity index (χ1) is 11.5. The average Bonchev–Trinajstić information content (AvgIpc) is 3.10. The van der Waals surface area contributed by atoms with Crippen molar-refractivity contribution in [3.63, 3.8) is 0 Å². The van der Waals surface area contributed by atoms with E-state index >= 15 is 0 Å². The van der Waals surface area contributed by atoms with Crippen LogP contribution in [-0.4, -0.2) is 21.7 Å². The van der Waals surface area contributed by atoms with E-state index in [0.717, 1.165) is 0 Å². The Morgan fingerprint density at radius 2 is 2.08 bits per heavy atom. The number of nitrogens with zero attached hydrogens (tertiary/aromatic N) is 2. The third-order valence-corrected chi connectivity index (χ3v) is 3.93. The molecule has 0 aliphatic heterocycles. The van der Waals surface area contributed by atoms with Crippen LogP contribution in [0.5, 0.6) is 0 Å². The molecule has 0 aliphatic rings. The van der Waals surface area contributed by atoms with Gasteiger partial charge in [-0.3, -0.25) is 9.36 Å².